The van der Waals surface area contributed by atoms with Crippen LogP contribution >= 0.6 is 0 Å². The molecule has 0 saturated heterocycles. The molecule has 0 unspecified atom stereocenters. The summed E-state index contributed by atoms with van der Waals surface area (Å²) in [5.41, 5.74) is 4.53. The van der Waals surface area contributed by atoms with Gasteiger partial charge in [0.15, 0.2) is 10.9 Å². The van der Waals surface area contributed by atoms with Gasteiger partial charge in [0.2, 0.25) is 5.91 Å². The minimum Gasteiger partial charge on any atom is -0.366 e. The zero-order chi connectivity index (χ0) is 7.86. The van der Waals surface area contributed by atoms with E-state index in [-0.39, 0.29) is 0 Å². The maximum atomic E-state index is 9.47. The van der Waals surface area contributed by atoms with Crippen LogP contribution in [-0.4, -0.2) is 14.3 Å². The first-order valence-electron chi connectivity index (χ1n) is 1.81. The fourth-order valence-corrected chi connectivity index (χ4v) is 0. The Bertz CT molecular complexity index is 154. The minimum absolute atomic E-state index is 0.481. The second-order valence-electron chi connectivity index (χ2n) is 0.892. The predicted molar refractivity (Wildman–Crippen MR) is 33.9 cm³/mol. The van der Waals surface area contributed by atoms with Gasteiger partial charge in [0.25, 0.3) is 0 Å². The van der Waals surface area contributed by atoms with Crippen LogP contribution in [0.5, 0.6) is 0 Å². The molecule has 0 saturated carbocycles. The van der Waals surface area contributed by atoms with E-state index in [9.17, 15) is 4.79 Å². The van der Waals surface area contributed by atoms with Crippen molar-refractivity contribution in [2.75, 3.05) is 0 Å². The summed E-state index contributed by atoms with van der Waals surface area (Å²) in [7, 11) is -2.62. The number of carbonyl (C=O) groups excluding carboxylic acids is 1. The highest BCUT2D eigenvalue weighted by Gasteiger charge is 1.69. The van der Waals surface area contributed by atoms with Gasteiger partial charge in [-0.3, -0.25) is 4.79 Å². The van der Waals surface area contributed by atoms with Crippen molar-refractivity contribution in [3.63, 3.8) is 0 Å². The molecule has 0 spiro atoms. The summed E-state index contributed by atoms with van der Waals surface area (Å²) in [4.78, 5) is 9.47. The van der Waals surface area contributed by atoms with Crippen molar-refractivity contribution in [1.82, 2.24) is 0 Å². The summed E-state index contributed by atoms with van der Waals surface area (Å²) < 4.78 is 17.6. The Balaban J connectivity index is 0. The summed E-state index contributed by atoms with van der Waals surface area (Å²) >= 11 is 0. The van der Waals surface area contributed by atoms with Crippen molar-refractivity contribution >= 4 is 16.8 Å². The van der Waals surface area contributed by atoms with Crippen LogP contribution in [0, 0.1) is 0 Å². The number of nitrogens with two attached hydrogens (primary N) is 2. The molecule has 0 fully saturated rings. The summed E-state index contributed by atoms with van der Waals surface area (Å²) in [5.74, 6) is -0.481. The molecule has 54 valence electrons. The summed E-state index contributed by atoms with van der Waals surface area (Å²) in [6, 6.07) is 0. The van der Waals surface area contributed by atoms with Crippen LogP contribution in [0.3, 0.4) is 0 Å². The summed E-state index contributed by atoms with van der Waals surface area (Å²) in [5, 5.41) is 4.06. The van der Waals surface area contributed by atoms with Crippen molar-refractivity contribution < 1.29 is 13.2 Å². The molecule has 0 aromatic heterocycles. The van der Waals surface area contributed by atoms with E-state index in [2.05, 4.69) is 17.5 Å². The normalized spacial score (nSPS) is 7.33. The second-order valence-corrected chi connectivity index (χ2v) is 1.46. The lowest BCUT2D eigenvalue weighted by Gasteiger charge is -1.65. The Labute approximate surface area is 54.4 Å². The lowest BCUT2D eigenvalue weighted by molar-refractivity contribution is -0.113. The van der Waals surface area contributed by atoms with E-state index in [4.69, 9.17) is 8.42 Å². The first-order valence-corrected chi connectivity index (χ1v) is 3.06. The standard InChI is InChI=1S/C3H5NO.H3NO2S/c1-2-3(4)5;1-4(2)3/h2H,1H2,(H2,4,5);4H,(H2,1,2,3). The van der Waals surface area contributed by atoms with Gasteiger partial charge in [0.1, 0.15) is 0 Å². The Morgan fingerprint density at radius 2 is 1.67 bits per heavy atom. The minimum atomic E-state index is -2.62. The summed E-state index contributed by atoms with van der Waals surface area (Å²) in [6.45, 7) is 3.09. The van der Waals surface area contributed by atoms with E-state index >= 15 is 0 Å². The van der Waals surface area contributed by atoms with Crippen molar-refractivity contribution in [3.05, 3.63) is 12.7 Å². The molecule has 0 aliphatic carbocycles. The lowest BCUT2D eigenvalue weighted by atomic mass is 10.6. The van der Waals surface area contributed by atoms with Gasteiger partial charge in [-0.15, -0.1) is 0 Å². The second kappa shape index (κ2) is 7.12. The fourth-order valence-electron chi connectivity index (χ4n) is 0. The average molecular weight is 152 g/mol. The van der Waals surface area contributed by atoms with E-state index in [0.29, 0.717) is 0 Å². The molecule has 1 amide bonds. The Kier molecular flexibility index (Phi) is 8.69. The number of rotatable bonds is 1. The van der Waals surface area contributed by atoms with Crippen molar-refractivity contribution in [2.45, 2.75) is 0 Å². The van der Waals surface area contributed by atoms with Gasteiger partial charge < -0.3 is 5.73 Å². The molecule has 0 aliphatic heterocycles. The number of hydrogen-bond donors (Lipinski definition) is 3. The Morgan fingerprint density at radius 1 is 1.56 bits per heavy atom. The molecule has 0 aromatic rings. The van der Waals surface area contributed by atoms with Crippen LogP contribution in [0.4, 0.5) is 0 Å². The molecular weight excluding hydrogens is 144 g/mol. The fraction of sp³-hybridized carbons (Fsp3) is 0. The molecule has 5 nitrogen and oxygen atoms in total. The van der Waals surface area contributed by atoms with Gasteiger partial charge in [-0.05, 0) is 6.08 Å². The third kappa shape index (κ3) is 149. The van der Waals surface area contributed by atoms with Gasteiger partial charge in [0, 0.05) is 0 Å². The third-order valence-electron chi connectivity index (χ3n) is 0.201. The monoisotopic (exact) mass is 152 g/mol. The van der Waals surface area contributed by atoms with Crippen LogP contribution < -0.4 is 10.9 Å². The largest absolute Gasteiger partial charge is 0.366 e. The molecule has 0 radical (unpaired) electrons. The quantitative estimate of drug-likeness (QED) is 0.303. The lowest BCUT2D eigenvalue weighted by Crippen LogP contribution is -2.04. The van der Waals surface area contributed by atoms with Gasteiger partial charge in [-0.2, -0.15) is 0 Å². The molecule has 9 heavy (non-hydrogen) atoms. The molecule has 4 N–H and O–H groups in total. The van der Waals surface area contributed by atoms with Gasteiger partial charge in [-0.25, -0.2) is 13.6 Å². The van der Waals surface area contributed by atoms with Crippen LogP contribution in [0.25, 0.3) is 0 Å². The highest BCUT2D eigenvalue weighted by Crippen LogP contribution is 1.48. The maximum Gasteiger partial charge on any atom is 0.240 e. The zero-order valence-corrected chi connectivity index (χ0v) is 5.51. The smallest absolute Gasteiger partial charge is 0.240 e. The van der Waals surface area contributed by atoms with E-state index in [1.54, 1.807) is 0 Å². The Morgan fingerprint density at radius 3 is 1.67 bits per heavy atom. The van der Waals surface area contributed by atoms with Crippen LogP contribution in [-0.2, 0) is 15.7 Å². The zero-order valence-electron chi connectivity index (χ0n) is 4.61. The SMILES string of the molecule is C=CC(N)=O.N[SH](=O)=O. The average Bonchev–Trinajstić information content (AvgIpc) is 1.65. The van der Waals surface area contributed by atoms with Crippen LogP contribution in [0.1, 0.15) is 0 Å². The van der Waals surface area contributed by atoms with Crippen molar-refractivity contribution in [3.8, 4) is 0 Å². The topological polar surface area (TPSA) is 103 Å². The van der Waals surface area contributed by atoms with Crippen molar-refractivity contribution in [2.24, 2.45) is 10.9 Å². The number of amides is 1. The molecular formula is C3H8N2O3S. The van der Waals surface area contributed by atoms with E-state index in [1.165, 1.54) is 0 Å². The highest BCUT2D eigenvalue weighted by molar-refractivity contribution is 7.69. The first-order chi connectivity index (χ1) is 4.00. The molecule has 6 heteroatoms. The highest BCUT2D eigenvalue weighted by atomic mass is 32.2. The molecule has 0 heterocycles. The van der Waals surface area contributed by atoms with E-state index in [1.807, 2.05) is 0 Å². The third-order valence-corrected chi connectivity index (χ3v) is 0.201. The number of primary amides is 1. The first kappa shape index (κ1) is 11.0. The van der Waals surface area contributed by atoms with Crippen LogP contribution in [0.2, 0.25) is 0 Å². The van der Waals surface area contributed by atoms with Crippen molar-refractivity contribution in [1.29, 1.82) is 0 Å². The molecule has 0 aromatic carbocycles. The van der Waals surface area contributed by atoms with Crippen LogP contribution in [0.15, 0.2) is 12.7 Å². The predicted octanol–water partition coefficient (Wildman–Crippen LogP) is -1.87. The van der Waals surface area contributed by atoms with Gasteiger partial charge in [-0.1, -0.05) is 6.58 Å². The van der Waals surface area contributed by atoms with Gasteiger partial charge >= 0.3 is 0 Å². The molecule has 0 aliphatic rings. The number of hydrogen-bond acceptors (Lipinski definition) is 3. The molecule has 0 bridgehead atoms. The van der Waals surface area contributed by atoms with E-state index < -0.39 is 16.8 Å². The summed E-state index contributed by atoms with van der Waals surface area (Å²) in [6.07, 6.45) is 1.06. The van der Waals surface area contributed by atoms with Gasteiger partial charge in [0.05, 0.1) is 0 Å². The number of thiol groups is 1. The van der Waals surface area contributed by atoms with E-state index in [0.717, 1.165) is 6.08 Å². The maximum absolute atomic E-state index is 9.47. The molecule has 0 atom stereocenters. The Hall–Kier alpha value is -0.880. The number of carbonyl (C=O) groups is 1. The molecule has 0 rings (SSSR count).